The summed E-state index contributed by atoms with van der Waals surface area (Å²) < 4.78 is 18.0. The highest BCUT2D eigenvalue weighted by Gasteiger charge is 2.07. The van der Waals surface area contributed by atoms with E-state index >= 15 is 0 Å². The molecule has 0 radical (unpaired) electrons. The van der Waals surface area contributed by atoms with Crippen molar-refractivity contribution in [2.75, 3.05) is 5.32 Å². The lowest BCUT2D eigenvalue weighted by Gasteiger charge is -1.99. The van der Waals surface area contributed by atoms with Crippen LogP contribution in [0.25, 0.3) is 11.3 Å². The van der Waals surface area contributed by atoms with Crippen LogP contribution in [-0.4, -0.2) is 15.1 Å². The van der Waals surface area contributed by atoms with Gasteiger partial charge >= 0.3 is 0 Å². The molecule has 0 saturated carbocycles. The van der Waals surface area contributed by atoms with E-state index in [1.807, 2.05) is 0 Å². The first-order valence-corrected chi connectivity index (χ1v) is 6.07. The molecule has 1 N–H and O–H groups in total. The normalized spacial score (nSPS) is 10.5. The predicted octanol–water partition coefficient (Wildman–Crippen LogP) is 3.67. The number of nitrogens with one attached hydrogen (secondary N) is 1. The Kier molecular flexibility index (Phi) is 3.30. The summed E-state index contributed by atoms with van der Waals surface area (Å²) >= 11 is 5.68. The van der Waals surface area contributed by atoms with E-state index in [4.69, 9.17) is 16.1 Å². The van der Waals surface area contributed by atoms with E-state index in [0.29, 0.717) is 17.4 Å². The summed E-state index contributed by atoms with van der Waals surface area (Å²) in [5.41, 5.74) is 1.34. The number of halogens is 2. The van der Waals surface area contributed by atoms with Crippen LogP contribution in [0.5, 0.6) is 0 Å². The minimum atomic E-state index is -0.300. The molecule has 0 amide bonds. The van der Waals surface area contributed by atoms with Gasteiger partial charge in [-0.1, -0.05) is 5.16 Å². The first kappa shape index (κ1) is 12.6. The van der Waals surface area contributed by atoms with Gasteiger partial charge in [-0.2, -0.15) is 0 Å². The molecule has 0 saturated heterocycles. The fourth-order valence-electron chi connectivity index (χ4n) is 1.62. The van der Waals surface area contributed by atoms with Crippen molar-refractivity contribution in [3.8, 4) is 11.3 Å². The first-order valence-electron chi connectivity index (χ1n) is 5.69. The average molecular weight is 291 g/mol. The second-order valence-electron chi connectivity index (χ2n) is 3.92. The van der Waals surface area contributed by atoms with E-state index in [0.717, 1.165) is 5.56 Å². The Bertz CT molecular complexity index is 729. The summed E-state index contributed by atoms with van der Waals surface area (Å²) in [6.45, 7) is 0. The third-order valence-electron chi connectivity index (χ3n) is 2.53. The Morgan fingerprint density at radius 2 is 1.95 bits per heavy atom. The fourth-order valence-corrected chi connectivity index (χ4v) is 1.77. The van der Waals surface area contributed by atoms with Crippen molar-refractivity contribution in [2.45, 2.75) is 0 Å². The van der Waals surface area contributed by atoms with Gasteiger partial charge in [0.25, 0.3) is 0 Å². The van der Waals surface area contributed by atoms with Crippen LogP contribution in [0, 0.1) is 5.82 Å². The Morgan fingerprint density at radius 1 is 1.15 bits per heavy atom. The summed E-state index contributed by atoms with van der Waals surface area (Å²) in [4.78, 5) is 7.74. The molecule has 0 aliphatic heterocycles. The number of nitrogens with zero attached hydrogens (tertiary/aromatic N) is 3. The smallest absolute Gasteiger partial charge is 0.230 e. The van der Waals surface area contributed by atoms with Crippen molar-refractivity contribution >= 4 is 23.3 Å². The van der Waals surface area contributed by atoms with Crippen LogP contribution in [0.4, 0.5) is 16.1 Å². The maximum Gasteiger partial charge on any atom is 0.230 e. The summed E-state index contributed by atoms with van der Waals surface area (Å²) in [7, 11) is 0. The highest BCUT2D eigenvalue weighted by atomic mass is 35.5. The van der Waals surface area contributed by atoms with Crippen LogP contribution in [0.3, 0.4) is 0 Å². The van der Waals surface area contributed by atoms with Gasteiger partial charge in [-0.25, -0.2) is 14.4 Å². The number of rotatable bonds is 3. The fraction of sp³-hybridized carbons (Fsp3) is 0. The lowest BCUT2D eigenvalue weighted by molar-refractivity contribution is 0.437. The molecule has 0 aliphatic carbocycles. The standard InChI is InChI=1S/C13H8ClFN4O/c14-13-16-6-5-11(18-13)17-12-7-10(19-20-12)8-1-3-9(15)4-2-8/h1-7H,(H,16,17,18). The Morgan fingerprint density at radius 3 is 2.70 bits per heavy atom. The zero-order chi connectivity index (χ0) is 13.9. The molecule has 0 unspecified atom stereocenters. The number of hydrogen-bond donors (Lipinski definition) is 1. The van der Waals surface area contributed by atoms with Gasteiger partial charge in [0.05, 0.1) is 0 Å². The molecular formula is C13H8ClFN4O. The Labute approximate surface area is 118 Å². The van der Waals surface area contributed by atoms with Crippen LogP contribution in [0.15, 0.2) is 47.1 Å². The van der Waals surface area contributed by atoms with Gasteiger partial charge in [0.2, 0.25) is 11.2 Å². The largest absolute Gasteiger partial charge is 0.338 e. The SMILES string of the molecule is Fc1ccc(-c2cc(Nc3ccnc(Cl)n3)on2)cc1. The van der Waals surface area contributed by atoms with E-state index in [9.17, 15) is 4.39 Å². The second-order valence-corrected chi connectivity index (χ2v) is 4.26. The summed E-state index contributed by atoms with van der Waals surface area (Å²) in [6.07, 6.45) is 1.52. The predicted molar refractivity (Wildman–Crippen MR) is 72.2 cm³/mol. The van der Waals surface area contributed by atoms with E-state index in [1.54, 1.807) is 24.3 Å². The molecule has 0 aliphatic rings. The molecule has 2 heterocycles. The Hall–Kier alpha value is -2.47. The van der Waals surface area contributed by atoms with Gasteiger partial charge in [0.1, 0.15) is 17.3 Å². The van der Waals surface area contributed by atoms with Crippen molar-refractivity contribution in [3.05, 3.63) is 53.7 Å². The zero-order valence-corrected chi connectivity index (χ0v) is 10.8. The quantitative estimate of drug-likeness (QED) is 0.746. The summed E-state index contributed by atoms with van der Waals surface area (Å²) in [5, 5.41) is 6.94. The maximum absolute atomic E-state index is 12.9. The lowest BCUT2D eigenvalue weighted by atomic mass is 10.1. The van der Waals surface area contributed by atoms with E-state index in [2.05, 4.69) is 20.4 Å². The monoisotopic (exact) mass is 290 g/mol. The first-order chi connectivity index (χ1) is 9.70. The van der Waals surface area contributed by atoms with Crippen molar-refractivity contribution in [2.24, 2.45) is 0 Å². The highest BCUT2D eigenvalue weighted by Crippen LogP contribution is 2.23. The molecule has 5 nitrogen and oxygen atoms in total. The second kappa shape index (κ2) is 5.26. The van der Waals surface area contributed by atoms with Crippen LogP contribution in [0.2, 0.25) is 5.28 Å². The number of hydrogen-bond acceptors (Lipinski definition) is 5. The summed E-state index contributed by atoms with van der Waals surface area (Å²) in [6, 6.07) is 9.30. The molecule has 100 valence electrons. The minimum Gasteiger partial charge on any atom is -0.338 e. The van der Waals surface area contributed by atoms with E-state index in [-0.39, 0.29) is 11.1 Å². The minimum absolute atomic E-state index is 0.133. The van der Waals surface area contributed by atoms with Gasteiger partial charge in [-0.15, -0.1) is 0 Å². The van der Waals surface area contributed by atoms with E-state index in [1.165, 1.54) is 18.3 Å². The van der Waals surface area contributed by atoms with Crippen molar-refractivity contribution in [1.29, 1.82) is 0 Å². The molecule has 7 heteroatoms. The molecule has 1 aromatic carbocycles. The van der Waals surface area contributed by atoms with Gasteiger partial charge < -0.3 is 9.84 Å². The third-order valence-corrected chi connectivity index (χ3v) is 2.71. The Balaban J connectivity index is 1.82. The van der Waals surface area contributed by atoms with Crippen LogP contribution >= 0.6 is 11.6 Å². The van der Waals surface area contributed by atoms with Crippen molar-refractivity contribution in [3.63, 3.8) is 0 Å². The lowest BCUT2D eigenvalue weighted by Crippen LogP contribution is -1.92. The molecular weight excluding hydrogens is 283 g/mol. The van der Waals surface area contributed by atoms with Crippen LogP contribution in [-0.2, 0) is 0 Å². The molecule has 3 aromatic rings. The van der Waals surface area contributed by atoms with Crippen LogP contribution < -0.4 is 5.32 Å². The van der Waals surface area contributed by atoms with Gasteiger partial charge in [0, 0.05) is 17.8 Å². The molecule has 0 spiro atoms. The molecule has 0 bridgehead atoms. The topological polar surface area (TPSA) is 63.8 Å². The molecule has 2 aromatic heterocycles. The van der Waals surface area contributed by atoms with Crippen molar-refractivity contribution in [1.82, 2.24) is 15.1 Å². The average Bonchev–Trinajstić information content (AvgIpc) is 2.88. The van der Waals surface area contributed by atoms with Crippen molar-refractivity contribution < 1.29 is 8.91 Å². The summed E-state index contributed by atoms with van der Waals surface area (Å²) in [5.74, 6) is 0.595. The molecule has 3 rings (SSSR count). The maximum atomic E-state index is 12.9. The number of aromatic nitrogens is 3. The van der Waals surface area contributed by atoms with Crippen LogP contribution in [0.1, 0.15) is 0 Å². The highest BCUT2D eigenvalue weighted by molar-refractivity contribution is 6.28. The third kappa shape index (κ3) is 2.75. The molecule has 0 fully saturated rings. The molecule has 0 atom stereocenters. The van der Waals surface area contributed by atoms with Gasteiger partial charge in [0.15, 0.2) is 0 Å². The molecule has 20 heavy (non-hydrogen) atoms. The number of benzene rings is 1. The zero-order valence-electron chi connectivity index (χ0n) is 10.0. The van der Waals surface area contributed by atoms with Gasteiger partial charge in [-0.05, 0) is 41.9 Å². The van der Waals surface area contributed by atoms with Gasteiger partial charge in [-0.3, -0.25) is 0 Å². The van der Waals surface area contributed by atoms with E-state index < -0.39 is 0 Å². The number of anilines is 2.